The molecule has 23 heavy (non-hydrogen) atoms. The number of hydrogen-bond donors (Lipinski definition) is 2. The van der Waals surface area contributed by atoms with E-state index in [1.54, 1.807) is 7.11 Å². The number of guanidine groups is 1. The van der Waals surface area contributed by atoms with Crippen LogP contribution in [-0.4, -0.2) is 49.4 Å². The maximum absolute atomic E-state index is 8.83. The number of aliphatic hydroxyl groups is 1. The quantitative estimate of drug-likeness (QED) is 0.615. The molecule has 0 radical (unpaired) electrons. The van der Waals surface area contributed by atoms with Crippen LogP contribution in [0.25, 0.3) is 0 Å². The Labute approximate surface area is 137 Å². The van der Waals surface area contributed by atoms with Crippen molar-refractivity contribution in [2.45, 2.75) is 26.3 Å². The van der Waals surface area contributed by atoms with Crippen molar-refractivity contribution in [1.29, 1.82) is 0 Å². The van der Waals surface area contributed by atoms with Crippen LogP contribution in [-0.2, 0) is 6.54 Å². The van der Waals surface area contributed by atoms with Gasteiger partial charge in [-0.1, -0.05) is 13.0 Å². The molecule has 0 aromatic heterocycles. The highest BCUT2D eigenvalue weighted by Crippen LogP contribution is 2.28. The largest absolute Gasteiger partial charge is 0.493 e. The van der Waals surface area contributed by atoms with Crippen molar-refractivity contribution in [3.8, 4) is 11.5 Å². The third-order valence-corrected chi connectivity index (χ3v) is 4.11. The minimum atomic E-state index is -0.0276. The summed E-state index contributed by atoms with van der Waals surface area (Å²) in [6.07, 6.45) is 2.34. The summed E-state index contributed by atoms with van der Waals surface area (Å²) in [6, 6.07) is 5.66. The number of methoxy groups -OCH3 is 1. The molecule has 0 atom stereocenters. The van der Waals surface area contributed by atoms with E-state index in [-0.39, 0.29) is 13.2 Å². The van der Waals surface area contributed by atoms with Gasteiger partial charge in [-0.2, -0.15) is 0 Å². The summed E-state index contributed by atoms with van der Waals surface area (Å²) >= 11 is 0. The number of aliphatic imine (C=N–C) groups is 1. The Morgan fingerprint density at radius 3 is 2.74 bits per heavy atom. The predicted octanol–water partition coefficient (Wildman–Crippen LogP) is 1.61. The summed E-state index contributed by atoms with van der Waals surface area (Å²) in [7, 11) is 1.59. The fourth-order valence-corrected chi connectivity index (χ4v) is 2.60. The van der Waals surface area contributed by atoms with Crippen LogP contribution in [0.2, 0.25) is 0 Å². The lowest BCUT2D eigenvalue weighted by atomic mass is 10.00. The van der Waals surface area contributed by atoms with Crippen molar-refractivity contribution in [2.75, 3.05) is 33.4 Å². The molecule has 1 aromatic rings. The normalized spacial score (nSPS) is 16.5. The van der Waals surface area contributed by atoms with Crippen molar-refractivity contribution in [3.05, 3.63) is 23.8 Å². The van der Waals surface area contributed by atoms with Gasteiger partial charge in [-0.3, -0.25) is 0 Å². The molecule has 1 saturated heterocycles. The summed E-state index contributed by atoms with van der Waals surface area (Å²) in [6.45, 7) is 4.96. The summed E-state index contributed by atoms with van der Waals surface area (Å²) in [5.41, 5.74) is 7.11. The second kappa shape index (κ2) is 8.62. The molecule has 6 heteroatoms. The Hall–Kier alpha value is -1.95. The maximum Gasteiger partial charge on any atom is 0.191 e. The first kappa shape index (κ1) is 17.4. The van der Waals surface area contributed by atoms with Gasteiger partial charge in [0.05, 0.1) is 20.3 Å². The molecule has 1 aromatic carbocycles. The number of hydrogen-bond acceptors (Lipinski definition) is 4. The molecule has 0 saturated carbocycles. The van der Waals surface area contributed by atoms with Crippen LogP contribution >= 0.6 is 0 Å². The first-order chi connectivity index (χ1) is 11.1. The molecular formula is C17H27N3O3. The van der Waals surface area contributed by atoms with Crippen LogP contribution in [0.15, 0.2) is 23.2 Å². The zero-order chi connectivity index (χ0) is 16.7. The lowest BCUT2D eigenvalue weighted by Gasteiger charge is -2.31. The van der Waals surface area contributed by atoms with Crippen LogP contribution in [0.1, 0.15) is 25.3 Å². The summed E-state index contributed by atoms with van der Waals surface area (Å²) in [4.78, 5) is 6.64. The number of likely N-dealkylation sites (tertiary alicyclic amines) is 1. The highest BCUT2D eigenvalue weighted by molar-refractivity contribution is 5.78. The molecule has 0 bridgehead atoms. The van der Waals surface area contributed by atoms with Gasteiger partial charge in [0.2, 0.25) is 0 Å². The molecule has 2 rings (SSSR count). The zero-order valence-corrected chi connectivity index (χ0v) is 14.0. The van der Waals surface area contributed by atoms with Crippen molar-refractivity contribution < 1.29 is 14.6 Å². The van der Waals surface area contributed by atoms with Crippen LogP contribution < -0.4 is 15.2 Å². The number of aliphatic hydroxyl groups excluding tert-OH is 1. The Bertz CT molecular complexity index is 526. The molecule has 0 amide bonds. The minimum Gasteiger partial charge on any atom is -0.493 e. The third-order valence-electron chi connectivity index (χ3n) is 4.11. The highest BCUT2D eigenvalue weighted by Gasteiger charge is 2.16. The van der Waals surface area contributed by atoms with Gasteiger partial charge < -0.3 is 25.2 Å². The Morgan fingerprint density at radius 2 is 2.09 bits per heavy atom. The Balaban J connectivity index is 1.97. The molecule has 6 nitrogen and oxygen atoms in total. The summed E-state index contributed by atoms with van der Waals surface area (Å²) in [5.74, 6) is 2.63. The van der Waals surface area contributed by atoms with Crippen LogP contribution in [0.4, 0.5) is 0 Å². The molecule has 3 N–H and O–H groups in total. The minimum absolute atomic E-state index is 0.0276. The van der Waals surface area contributed by atoms with Crippen LogP contribution in [0.5, 0.6) is 11.5 Å². The highest BCUT2D eigenvalue weighted by atomic mass is 16.5. The van der Waals surface area contributed by atoms with E-state index >= 15 is 0 Å². The van der Waals surface area contributed by atoms with Gasteiger partial charge in [-0.15, -0.1) is 0 Å². The second-order valence-corrected chi connectivity index (χ2v) is 5.90. The van der Waals surface area contributed by atoms with Gasteiger partial charge in [0.15, 0.2) is 17.5 Å². The molecule has 128 valence electrons. The number of ether oxygens (including phenoxy) is 2. The van der Waals surface area contributed by atoms with E-state index in [4.69, 9.17) is 20.3 Å². The molecule has 0 unspecified atom stereocenters. The summed E-state index contributed by atoms with van der Waals surface area (Å²) in [5, 5.41) is 8.83. The van der Waals surface area contributed by atoms with E-state index in [1.165, 1.54) is 12.8 Å². The second-order valence-electron chi connectivity index (χ2n) is 5.90. The smallest absolute Gasteiger partial charge is 0.191 e. The van der Waals surface area contributed by atoms with E-state index < -0.39 is 0 Å². The van der Waals surface area contributed by atoms with E-state index in [0.717, 1.165) is 24.6 Å². The number of piperidine rings is 1. The van der Waals surface area contributed by atoms with Gasteiger partial charge in [-0.25, -0.2) is 4.99 Å². The average Bonchev–Trinajstić information content (AvgIpc) is 2.58. The lowest BCUT2D eigenvalue weighted by molar-refractivity contribution is 0.196. The van der Waals surface area contributed by atoms with Gasteiger partial charge in [-0.05, 0) is 36.5 Å². The number of nitrogens with two attached hydrogens (primary N) is 1. The molecular weight excluding hydrogens is 294 g/mol. The van der Waals surface area contributed by atoms with Gasteiger partial charge in [0.1, 0.15) is 6.61 Å². The van der Waals surface area contributed by atoms with E-state index in [0.29, 0.717) is 24.0 Å². The van der Waals surface area contributed by atoms with Crippen LogP contribution in [0, 0.1) is 5.92 Å². The van der Waals surface area contributed by atoms with Gasteiger partial charge in [0, 0.05) is 13.1 Å². The van der Waals surface area contributed by atoms with E-state index in [2.05, 4.69) is 16.8 Å². The molecule has 1 aliphatic rings. The molecule has 1 fully saturated rings. The number of benzene rings is 1. The fourth-order valence-electron chi connectivity index (χ4n) is 2.60. The Morgan fingerprint density at radius 1 is 1.35 bits per heavy atom. The standard InChI is InChI=1S/C17H27N3O3/c1-13-5-7-20(8-6-13)17(18)19-12-14-3-4-15(23-10-9-21)16(11-14)22-2/h3-4,11,13,21H,5-10,12H2,1-2H3,(H2,18,19). The third kappa shape index (κ3) is 5.03. The van der Waals surface area contributed by atoms with Gasteiger partial charge >= 0.3 is 0 Å². The molecule has 0 aliphatic carbocycles. The first-order valence-corrected chi connectivity index (χ1v) is 8.09. The number of nitrogens with zero attached hydrogens (tertiary/aromatic N) is 2. The lowest BCUT2D eigenvalue weighted by Crippen LogP contribution is -2.42. The SMILES string of the molecule is COc1cc(CN=C(N)N2CCC(C)CC2)ccc1OCCO. The van der Waals surface area contributed by atoms with E-state index in [9.17, 15) is 0 Å². The average molecular weight is 321 g/mol. The molecule has 1 aliphatic heterocycles. The monoisotopic (exact) mass is 321 g/mol. The van der Waals surface area contributed by atoms with E-state index in [1.807, 2.05) is 18.2 Å². The maximum atomic E-state index is 8.83. The molecule has 1 heterocycles. The topological polar surface area (TPSA) is 80.3 Å². The van der Waals surface area contributed by atoms with Crippen molar-refractivity contribution in [3.63, 3.8) is 0 Å². The first-order valence-electron chi connectivity index (χ1n) is 8.09. The number of rotatable bonds is 6. The van der Waals surface area contributed by atoms with Crippen molar-refractivity contribution in [1.82, 2.24) is 4.90 Å². The predicted molar refractivity (Wildman–Crippen MR) is 90.9 cm³/mol. The molecule has 0 spiro atoms. The van der Waals surface area contributed by atoms with Crippen LogP contribution in [0.3, 0.4) is 0 Å². The van der Waals surface area contributed by atoms with Gasteiger partial charge in [0.25, 0.3) is 0 Å². The van der Waals surface area contributed by atoms with Crippen molar-refractivity contribution >= 4 is 5.96 Å². The Kier molecular flexibility index (Phi) is 6.52. The summed E-state index contributed by atoms with van der Waals surface area (Å²) < 4.78 is 10.7. The zero-order valence-electron chi connectivity index (χ0n) is 14.0. The van der Waals surface area contributed by atoms with Crippen molar-refractivity contribution in [2.24, 2.45) is 16.6 Å². The fraction of sp³-hybridized carbons (Fsp3) is 0.588.